The summed E-state index contributed by atoms with van der Waals surface area (Å²) in [6.45, 7) is 3.64. The summed E-state index contributed by atoms with van der Waals surface area (Å²) < 4.78 is 5.72. The number of hydrogen-bond acceptors (Lipinski definition) is 2. The highest BCUT2D eigenvalue weighted by molar-refractivity contribution is 9.09. The minimum Gasteiger partial charge on any atom is -0.483 e. The molecule has 0 spiro atoms. The van der Waals surface area contributed by atoms with E-state index in [-0.39, 0.29) is 4.83 Å². The standard InChI is InChI=1S/C11H11BrCl2O2/c1-11(2)10(15)8(12)6-3-5(13)4-7(14)9(6)16-11/h3-4,8,10,15H,1-2H3/t8-,10+/m1/s1. The van der Waals surface area contributed by atoms with Crippen LogP contribution in [0, 0.1) is 0 Å². The van der Waals surface area contributed by atoms with E-state index in [1.165, 1.54) is 0 Å². The number of halogens is 3. The third-order valence-electron chi connectivity index (χ3n) is 2.69. The van der Waals surface area contributed by atoms with Crippen LogP contribution in [0.5, 0.6) is 5.75 Å². The molecule has 2 atom stereocenters. The lowest BCUT2D eigenvalue weighted by Gasteiger charge is -2.40. The molecular formula is C11H11BrCl2O2. The number of aliphatic hydroxyl groups excluding tert-OH is 1. The Morgan fingerprint density at radius 3 is 2.62 bits per heavy atom. The minimum absolute atomic E-state index is 0.234. The van der Waals surface area contributed by atoms with Gasteiger partial charge in [-0.25, -0.2) is 0 Å². The van der Waals surface area contributed by atoms with Crippen LogP contribution in [0.3, 0.4) is 0 Å². The Hall–Kier alpha value is 0.0400. The Bertz CT molecular complexity index is 434. The van der Waals surface area contributed by atoms with Crippen molar-refractivity contribution in [1.29, 1.82) is 0 Å². The van der Waals surface area contributed by atoms with Gasteiger partial charge in [-0.3, -0.25) is 0 Å². The molecule has 0 aliphatic carbocycles. The summed E-state index contributed by atoms with van der Waals surface area (Å²) in [5.74, 6) is 0.586. The second-order valence-electron chi connectivity index (χ2n) is 4.36. The van der Waals surface area contributed by atoms with E-state index in [0.717, 1.165) is 5.56 Å². The quantitative estimate of drug-likeness (QED) is 0.731. The molecule has 88 valence electrons. The molecule has 0 radical (unpaired) electrons. The molecule has 1 aliphatic heterocycles. The van der Waals surface area contributed by atoms with Crippen molar-refractivity contribution in [2.45, 2.75) is 30.4 Å². The Morgan fingerprint density at radius 1 is 1.38 bits per heavy atom. The highest BCUT2D eigenvalue weighted by Crippen LogP contribution is 2.48. The van der Waals surface area contributed by atoms with Gasteiger partial charge in [0.2, 0.25) is 0 Å². The number of ether oxygens (including phenoxy) is 1. The summed E-state index contributed by atoms with van der Waals surface area (Å²) in [6.07, 6.45) is -0.658. The number of rotatable bonds is 0. The average Bonchev–Trinajstić information content (AvgIpc) is 2.17. The van der Waals surface area contributed by atoms with Crippen LogP contribution in [0.15, 0.2) is 12.1 Å². The highest BCUT2D eigenvalue weighted by Gasteiger charge is 2.42. The summed E-state index contributed by atoms with van der Waals surface area (Å²) in [4.78, 5) is -0.234. The molecule has 0 saturated heterocycles. The molecule has 1 aromatic rings. The summed E-state index contributed by atoms with van der Waals surface area (Å²) >= 11 is 15.4. The summed E-state index contributed by atoms with van der Waals surface area (Å²) in [5.41, 5.74) is 0.0999. The van der Waals surface area contributed by atoms with Gasteiger partial charge in [0.15, 0.2) is 0 Å². The molecule has 0 fully saturated rings. The summed E-state index contributed by atoms with van der Waals surface area (Å²) in [7, 11) is 0. The van der Waals surface area contributed by atoms with Crippen LogP contribution in [0.4, 0.5) is 0 Å². The number of benzene rings is 1. The van der Waals surface area contributed by atoms with E-state index in [1.807, 2.05) is 13.8 Å². The number of hydrogen-bond donors (Lipinski definition) is 1. The SMILES string of the molecule is CC1(C)Oc2c(Cl)cc(Cl)cc2[C@@H](Br)[C@@H]1O. The molecule has 2 rings (SSSR count). The Kier molecular flexibility index (Phi) is 3.17. The molecule has 0 amide bonds. The van der Waals surface area contributed by atoms with Gasteiger partial charge in [0.05, 0.1) is 9.85 Å². The van der Waals surface area contributed by atoms with Crippen LogP contribution in [0.25, 0.3) is 0 Å². The molecule has 1 heterocycles. The molecule has 1 N–H and O–H groups in total. The first-order chi connectivity index (χ1) is 7.33. The molecule has 0 unspecified atom stereocenters. The molecule has 5 heteroatoms. The third-order valence-corrected chi connectivity index (χ3v) is 4.18. The highest BCUT2D eigenvalue weighted by atomic mass is 79.9. The molecule has 0 aromatic heterocycles. The monoisotopic (exact) mass is 324 g/mol. The van der Waals surface area contributed by atoms with Crippen molar-refractivity contribution in [3.63, 3.8) is 0 Å². The molecular weight excluding hydrogens is 315 g/mol. The summed E-state index contributed by atoms with van der Waals surface area (Å²) in [5, 5.41) is 11.1. The van der Waals surface area contributed by atoms with Gasteiger partial charge in [-0.2, -0.15) is 0 Å². The van der Waals surface area contributed by atoms with Crippen LogP contribution < -0.4 is 4.74 Å². The number of fused-ring (bicyclic) bond motifs is 1. The van der Waals surface area contributed by atoms with Crippen LogP contribution in [-0.4, -0.2) is 16.8 Å². The fraction of sp³-hybridized carbons (Fsp3) is 0.455. The first kappa shape index (κ1) is 12.5. The number of alkyl halides is 1. The molecule has 2 nitrogen and oxygen atoms in total. The smallest absolute Gasteiger partial charge is 0.143 e. The Morgan fingerprint density at radius 2 is 2.00 bits per heavy atom. The predicted molar refractivity (Wildman–Crippen MR) is 68.8 cm³/mol. The van der Waals surface area contributed by atoms with Crippen LogP contribution in [-0.2, 0) is 0 Å². The zero-order valence-electron chi connectivity index (χ0n) is 8.80. The molecule has 1 aromatic carbocycles. The van der Waals surface area contributed by atoms with E-state index in [1.54, 1.807) is 12.1 Å². The van der Waals surface area contributed by atoms with Gasteiger partial charge in [0.1, 0.15) is 17.5 Å². The van der Waals surface area contributed by atoms with Crippen molar-refractivity contribution in [3.8, 4) is 5.75 Å². The van der Waals surface area contributed by atoms with Crippen molar-refractivity contribution in [1.82, 2.24) is 0 Å². The zero-order valence-corrected chi connectivity index (χ0v) is 11.9. The van der Waals surface area contributed by atoms with E-state index >= 15 is 0 Å². The Labute approximate surface area is 113 Å². The maximum Gasteiger partial charge on any atom is 0.143 e. The van der Waals surface area contributed by atoms with Gasteiger partial charge in [0.25, 0.3) is 0 Å². The third kappa shape index (κ3) is 1.94. The first-order valence-electron chi connectivity index (χ1n) is 4.83. The second-order valence-corrected chi connectivity index (χ2v) is 6.19. The molecule has 0 bridgehead atoms. The van der Waals surface area contributed by atoms with E-state index in [9.17, 15) is 5.11 Å². The predicted octanol–water partition coefficient (Wildman–Crippen LogP) is 3.96. The molecule has 0 saturated carbocycles. The van der Waals surface area contributed by atoms with E-state index < -0.39 is 11.7 Å². The second kappa shape index (κ2) is 4.05. The summed E-state index contributed by atoms with van der Waals surface area (Å²) in [6, 6.07) is 3.39. The van der Waals surface area contributed by atoms with Crippen LogP contribution >= 0.6 is 39.1 Å². The fourth-order valence-electron chi connectivity index (χ4n) is 1.74. The van der Waals surface area contributed by atoms with Gasteiger partial charge in [0, 0.05) is 10.6 Å². The van der Waals surface area contributed by atoms with Crippen molar-refractivity contribution >= 4 is 39.1 Å². The molecule has 1 aliphatic rings. The van der Waals surface area contributed by atoms with Gasteiger partial charge in [-0.05, 0) is 26.0 Å². The zero-order chi connectivity index (χ0) is 12.1. The van der Waals surface area contributed by atoms with Crippen molar-refractivity contribution in [2.24, 2.45) is 0 Å². The Balaban J connectivity index is 2.59. The fourth-order valence-corrected chi connectivity index (χ4v) is 3.26. The van der Waals surface area contributed by atoms with Gasteiger partial charge in [-0.15, -0.1) is 0 Å². The van der Waals surface area contributed by atoms with Crippen LogP contribution in [0.1, 0.15) is 24.2 Å². The average molecular weight is 326 g/mol. The maximum absolute atomic E-state index is 10.1. The maximum atomic E-state index is 10.1. The minimum atomic E-state index is -0.682. The molecule has 16 heavy (non-hydrogen) atoms. The van der Waals surface area contributed by atoms with E-state index in [2.05, 4.69) is 15.9 Å². The number of aliphatic hydroxyl groups is 1. The lowest BCUT2D eigenvalue weighted by molar-refractivity contribution is -0.0417. The lowest BCUT2D eigenvalue weighted by Crippen LogP contribution is -2.47. The van der Waals surface area contributed by atoms with Gasteiger partial charge in [-0.1, -0.05) is 39.1 Å². The van der Waals surface area contributed by atoms with Gasteiger partial charge < -0.3 is 9.84 Å². The van der Waals surface area contributed by atoms with E-state index in [0.29, 0.717) is 15.8 Å². The first-order valence-corrected chi connectivity index (χ1v) is 6.50. The topological polar surface area (TPSA) is 29.5 Å². The van der Waals surface area contributed by atoms with Crippen LogP contribution in [0.2, 0.25) is 10.0 Å². The van der Waals surface area contributed by atoms with Gasteiger partial charge >= 0.3 is 0 Å². The van der Waals surface area contributed by atoms with Crippen molar-refractivity contribution in [2.75, 3.05) is 0 Å². The largest absolute Gasteiger partial charge is 0.483 e. The van der Waals surface area contributed by atoms with Crippen molar-refractivity contribution in [3.05, 3.63) is 27.7 Å². The van der Waals surface area contributed by atoms with E-state index in [4.69, 9.17) is 27.9 Å². The normalized spacial score (nSPS) is 27.1. The van der Waals surface area contributed by atoms with Crippen molar-refractivity contribution < 1.29 is 9.84 Å². The lowest BCUT2D eigenvalue weighted by atomic mass is 9.91.